The van der Waals surface area contributed by atoms with Crippen molar-refractivity contribution in [1.82, 2.24) is 4.90 Å². The average Bonchev–Trinajstić information content (AvgIpc) is 2.98. The van der Waals surface area contributed by atoms with Crippen LogP contribution in [0.3, 0.4) is 0 Å². The molecule has 1 atom stereocenters. The lowest BCUT2D eigenvalue weighted by atomic mass is 9.98. The van der Waals surface area contributed by atoms with Crippen LogP contribution in [0.15, 0.2) is 30.3 Å². The van der Waals surface area contributed by atoms with Gasteiger partial charge >= 0.3 is 12.1 Å². The number of benzene rings is 1. The lowest BCUT2D eigenvalue weighted by Gasteiger charge is -2.33. The van der Waals surface area contributed by atoms with Gasteiger partial charge in [0.05, 0.1) is 13.7 Å². The van der Waals surface area contributed by atoms with Crippen LogP contribution in [0.1, 0.15) is 18.4 Å². The molecule has 1 unspecified atom stereocenters. The van der Waals surface area contributed by atoms with E-state index in [0.29, 0.717) is 19.4 Å². The quantitative estimate of drug-likeness (QED) is 0.847. The number of hydrogen-bond donors (Lipinski definition) is 1. The molecule has 0 spiro atoms. The van der Waals surface area contributed by atoms with Crippen LogP contribution in [0.4, 0.5) is 4.79 Å². The number of ether oxygens (including phenoxy) is 2. The van der Waals surface area contributed by atoms with Gasteiger partial charge in [0.1, 0.15) is 6.61 Å². The van der Waals surface area contributed by atoms with E-state index in [9.17, 15) is 14.7 Å². The highest BCUT2D eigenvalue weighted by atomic mass is 16.6. The van der Waals surface area contributed by atoms with E-state index in [1.807, 2.05) is 30.3 Å². The van der Waals surface area contributed by atoms with Crippen LogP contribution in [0.5, 0.6) is 0 Å². The summed E-state index contributed by atoms with van der Waals surface area (Å²) in [5.41, 5.74) is -0.458. The van der Waals surface area contributed by atoms with E-state index in [1.54, 1.807) is 0 Å². The summed E-state index contributed by atoms with van der Waals surface area (Å²) in [4.78, 5) is 25.4. The van der Waals surface area contributed by atoms with Gasteiger partial charge in [-0.05, 0) is 18.4 Å². The summed E-state index contributed by atoms with van der Waals surface area (Å²) in [6, 6.07) is 9.27. The Labute approximate surface area is 123 Å². The van der Waals surface area contributed by atoms with Gasteiger partial charge in [0.2, 0.25) is 0 Å². The number of rotatable bonds is 4. The molecule has 1 aliphatic rings. The summed E-state index contributed by atoms with van der Waals surface area (Å²) in [5.74, 6) is -0.612. The molecule has 1 amide bonds. The Morgan fingerprint density at radius 1 is 1.33 bits per heavy atom. The van der Waals surface area contributed by atoms with Crippen LogP contribution in [0.2, 0.25) is 0 Å². The van der Waals surface area contributed by atoms with Gasteiger partial charge in [0, 0.05) is 6.54 Å². The van der Waals surface area contributed by atoms with Gasteiger partial charge in [-0.2, -0.15) is 0 Å². The first kappa shape index (κ1) is 15.3. The molecular formula is C15H19NO5. The van der Waals surface area contributed by atoms with Crippen molar-refractivity contribution in [2.24, 2.45) is 0 Å². The van der Waals surface area contributed by atoms with E-state index >= 15 is 0 Å². The number of likely N-dealkylation sites (tertiary alicyclic amines) is 1. The summed E-state index contributed by atoms with van der Waals surface area (Å²) in [7, 11) is 1.24. The predicted molar refractivity (Wildman–Crippen MR) is 74.4 cm³/mol. The number of methoxy groups -OCH3 is 1. The van der Waals surface area contributed by atoms with Crippen molar-refractivity contribution in [1.29, 1.82) is 0 Å². The van der Waals surface area contributed by atoms with Crippen LogP contribution in [-0.2, 0) is 20.9 Å². The first-order chi connectivity index (χ1) is 10.1. The molecule has 0 saturated carbocycles. The zero-order valence-electron chi connectivity index (χ0n) is 11.9. The molecule has 1 heterocycles. The first-order valence-electron chi connectivity index (χ1n) is 6.81. The van der Waals surface area contributed by atoms with Gasteiger partial charge in [-0.3, -0.25) is 4.90 Å². The van der Waals surface area contributed by atoms with Crippen molar-refractivity contribution in [3.63, 3.8) is 0 Å². The molecule has 1 aromatic carbocycles. The Hall–Kier alpha value is -2.08. The second-order valence-corrected chi connectivity index (χ2v) is 4.98. The van der Waals surface area contributed by atoms with Crippen molar-refractivity contribution in [3.05, 3.63) is 35.9 Å². The van der Waals surface area contributed by atoms with Gasteiger partial charge in [-0.1, -0.05) is 30.3 Å². The fraction of sp³-hybridized carbons (Fsp3) is 0.467. The van der Waals surface area contributed by atoms with E-state index < -0.39 is 24.2 Å². The van der Waals surface area contributed by atoms with Gasteiger partial charge < -0.3 is 14.6 Å². The number of nitrogens with zero attached hydrogens (tertiary/aromatic N) is 1. The number of aliphatic hydroxyl groups is 1. The molecule has 2 rings (SSSR count). The zero-order valence-corrected chi connectivity index (χ0v) is 11.9. The van der Waals surface area contributed by atoms with Crippen molar-refractivity contribution in [2.45, 2.75) is 25.0 Å². The average molecular weight is 293 g/mol. The van der Waals surface area contributed by atoms with E-state index in [-0.39, 0.29) is 6.61 Å². The Morgan fingerprint density at radius 2 is 2.05 bits per heavy atom. The highest BCUT2D eigenvalue weighted by Crippen LogP contribution is 2.31. The van der Waals surface area contributed by atoms with Crippen LogP contribution in [0, 0.1) is 0 Å². The van der Waals surface area contributed by atoms with Crippen molar-refractivity contribution in [2.75, 3.05) is 20.3 Å². The normalized spacial score (nSPS) is 21.1. The molecule has 0 radical (unpaired) electrons. The maximum Gasteiger partial charge on any atom is 0.411 e. The molecule has 114 valence electrons. The number of hydrogen-bond acceptors (Lipinski definition) is 5. The number of carbonyl (C=O) groups excluding carboxylic acids is 2. The van der Waals surface area contributed by atoms with Gasteiger partial charge in [0.15, 0.2) is 5.54 Å². The molecule has 0 bridgehead atoms. The number of carbonyl (C=O) groups is 2. The molecule has 1 aromatic rings. The molecule has 6 nitrogen and oxygen atoms in total. The van der Waals surface area contributed by atoms with Crippen molar-refractivity contribution in [3.8, 4) is 0 Å². The number of esters is 1. The van der Waals surface area contributed by atoms with E-state index in [4.69, 9.17) is 9.47 Å². The Kier molecular flexibility index (Phi) is 4.80. The predicted octanol–water partition coefficient (Wildman–Crippen LogP) is 1.32. The maximum atomic E-state index is 12.2. The van der Waals surface area contributed by atoms with E-state index in [0.717, 1.165) is 5.56 Å². The van der Waals surface area contributed by atoms with E-state index in [2.05, 4.69) is 0 Å². The van der Waals surface area contributed by atoms with E-state index in [1.165, 1.54) is 12.0 Å². The van der Waals surface area contributed by atoms with Gasteiger partial charge in [-0.25, -0.2) is 9.59 Å². The minimum absolute atomic E-state index is 0.124. The fourth-order valence-corrected chi connectivity index (χ4v) is 2.57. The topological polar surface area (TPSA) is 76.1 Å². The van der Waals surface area contributed by atoms with Crippen LogP contribution in [-0.4, -0.2) is 47.9 Å². The third-order valence-corrected chi connectivity index (χ3v) is 3.74. The Balaban J connectivity index is 2.05. The molecule has 1 N–H and O–H groups in total. The van der Waals surface area contributed by atoms with Crippen LogP contribution >= 0.6 is 0 Å². The second kappa shape index (κ2) is 6.58. The van der Waals surface area contributed by atoms with Crippen molar-refractivity contribution >= 4 is 12.1 Å². The molecule has 1 saturated heterocycles. The van der Waals surface area contributed by atoms with Gasteiger partial charge in [-0.15, -0.1) is 0 Å². The third-order valence-electron chi connectivity index (χ3n) is 3.74. The molecule has 6 heteroatoms. The summed E-state index contributed by atoms with van der Waals surface area (Å²) >= 11 is 0. The largest absolute Gasteiger partial charge is 0.467 e. The minimum atomic E-state index is -1.32. The summed E-state index contributed by atoms with van der Waals surface area (Å²) in [6.07, 6.45) is 0.378. The highest BCUT2D eigenvalue weighted by molar-refractivity contribution is 5.86. The molecule has 0 aliphatic carbocycles. The molecule has 21 heavy (non-hydrogen) atoms. The Bertz CT molecular complexity index is 504. The standard InChI is InChI=1S/C15H19NO5/c1-20-13(18)15(11-17)8-5-9-16(15)14(19)21-10-12-6-3-2-4-7-12/h2-4,6-7,17H,5,8-11H2,1H3. The molecule has 1 fully saturated rings. The zero-order chi connectivity index (χ0) is 15.3. The molecule has 1 aliphatic heterocycles. The Morgan fingerprint density at radius 3 is 2.67 bits per heavy atom. The smallest absolute Gasteiger partial charge is 0.411 e. The second-order valence-electron chi connectivity index (χ2n) is 4.98. The molecule has 0 aromatic heterocycles. The lowest BCUT2D eigenvalue weighted by Crippen LogP contribution is -2.56. The fourth-order valence-electron chi connectivity index (χ4n) is 2.57. The highest BCUT2D eigenvalue weighted by Gasteiger charge is 2.51. The van der Waals surface area contributed by atoms with Crippen molar-refractivity contribution < 1.29 is 24.2 Å². The SMILES string of the molecule is COC(=O)C1(CO)CCCN1C(=O)OCc1ccccc1. The third kappa shape index (κ3) is 3.00. The van der Waals surface area contributed by atoms with Crippen LogP contribution in [0.25, 0.3) is 0 Å². The lowest BCUT2D eigenvalue weighted by molar-refractivity contribution is -0.155. The number of aliphatic hydroxyl groups excluding tert-OH is 1. The molecular weight excluding hydrogens is 274 g/mol. The number of amides is 1. The summed E-state index contributed by atoms with van der Waals surface area (Å²) in [5, 5.41) is 9.57. The monoisotopic (exact) mass is 293 g/mol. The summed E-state index contributed by atoms with van der Waals surface area (Å²) < 4.78 is 9.96. The van der Waals surface area contributed by atoms with Crippen LogP contribution < -0.4 is 0 Å². The van der Waals surface area contributed by atoms with Gasteiger partial charge in [0.25, 0.3) is 0 Å². The minimum Gasteiger partial charge on any atom is -0.467 e. The maximum absolute atomic E-state index is 12.2. The first-order valence-corrected chi connectivity index (χ1v) is 6.81. The summed E-state index contributed by atoms with van der Waals surface area (Å²) in [6.45, 7) is 0.0161.